The van der Waals surface area contributed by atoms with Gasteiger partial charge in [0.25, 0.3) is 0 Å². The van der Waals surface area contributed by atoms with Crippen LogP contribution in [0.4, 0.5) is 0 Å². The highest BCUT2D eigenvalue weighted by Crippen LogP contribution is 2.13. The van der Waals surface area contributed by atoms with Crippen molar-refractivity contribution in [3.05, 3.63) is 53.1 Å². The molecule has 0 aliphatic heterocycles. The van der Waals surface area contributed by atoms with E-state index < -0.39 is 0 Å². The molecule has 18 heavy (non-hydrogen) atoms. The fourth-order valence-electron chi connectivity index (χ4n) is 1.81. The Bertz CT molecular complexity index is 685. The van der Waals surface area contributed by atoms with Crippen molar-refractivity contribution in [3.8, 4) is 0 Å². The Balaban J connectivity index is 1.84. The van der Waals surface area contributed by atoms with E-state index in [2.05, 4.69) is 9.97 Å². The van der Waals surface area contributed by atoms with Gasteiger partial charge in [-0.3, -0.25) is 14.2 Å². The molecule has 3 rings (SSSR count). The molecule has 0 amide bonds. The van der Waals surface area contributed by atoms with E-state index in [0.717, 1.165) is 16.3 Å². The third-order valence-electron chi connectivity index (χ3n) is 2.66. The summed E-state index contributed by atoms with van der Waals surface area (Å²) in [5, 5.41) is 1.97. The first-order valence-electron chi connectivity index (χ1n) is 5.60. The number of thiazole rings is 1. The summed E-state index contributed by atoms with van der Waals surface area (Å²) in [7, 11) is 0. The first-order chi connectivity index (χ1) is 8.72. The zero-order valence-electron chi connectivity index (χ0n) is 9.83. The molecule has 0 fully saturated rings. The number of hydrogen-bond donors (Lipinski definition) is 0. The highest BCUT2D eigenvalue weighted by molar-refractivity contribution is 7.15. The third kappa shape index (κ3) is 2.04. The molecule has 0 spiro atoms. The van der Waals surface area contributed by atoms with Crippen LogP contribution in [-0.4, -0.2) is 20.2 Å². The number of ketones is 1. The Morgan fingerprint density at radius 1 is 1.39 bits per heavy atom. The molecule has 0 N–H and O–H groups in total. The molecule has 3 aromatic rings. The topological polar surface area (TPSA) is 47.3 Å². The maximum Gasteiger partial charge on any atom is 0.193 e. The second kappa shape index (κ2) is 4.34. The quantitative estimate of drug-likeness (QED) is 0.677. The molecule has 3 heterocycles. The molecule has 90 valence electrons. The average molecular weight is 257 g/mol. The van der Waals surface area contributed by atoms with Crippen LogP contribution >= 0.6 is 11.3 Å². The summed E-state index contributed by atoms with van der Waals surface area (Å²) in [5.74, 6) is 0.00412. The van der Waals surface area contributed by atoms with Crippen molar-refractivity contribution in [2.75, 3.05) is 0 Å². The number of aryl methyl sites for hydroxylation is 1. The Morgan fingerprint density at radius 2 is 2.28 bits per heavy atom. The largest absolute Gasteiger partial charge is 0.297 e. The lowest BCUT2D eigenvalue weighted by atomic mass is 10.1. The molecule has 0 saturated heterocycles. The molecule has 0 aromatic carbocycles. The maximum atomic E-state index is 12.1. The molecule has 0 aliphatic rings. The van der Waals surface area contributed by atoms with Gasteiger partial charge in [-0.05, 0) is 19.1 Å². The molecule has 3 aromatic heterocycles. The van der Waals surface area contributed by atoms with E-state index in [9.17, 15) is 4.79 Å². The predicted octanol–water partition coefficient (Wildman–Crippen LogP) is 2.52. The van der Waals surface area contributed by atoms with Crippen molar-refractivity contribution in [3.63, 3.8) is 0 Å². The van der Waals surface area contributed by atoms with Crippen molar-refractivity contribution in [2.24, 2.45) is 0 Å². The van der Waals surface area contributed by atoms with Gasteiger partial charge in [-0.1, -0.05) is 6.07 Å². The summed E-state index contributed by atoms with van der Waals surface area (Å²) < 4.78 is 1.93. The van der Waals surface area contributed by atoms with Gasteiger partial charge in [0.1, 0.15) is 5.69 Å². The summed E-state index contributed by atoms with van der Waals surface area (Å²) in [6.07, 6.45) is 4.12. The third-order valence-corrected chi connectivity index (χ3v) is 3.43. The maximum absolute atomic E-state index is 12.1. The van der Waals surface area contributed by atoms with Crippen molar-refractivity contribution < 1.29 is 4.79 Å². The lowest BCUT2D eigenvalue weighted by Crippen LogP contribution is -2.06. The van der Waals surface area contributed by atoms with Crippen LogP contribution in [0.25, 0.3) is 4.96 Å². The molecule has 0 unspecified atom stereocenters. The van der Waals surface area contributed by atoms with Crippen LogP contribution in [0.3, 0.4) is 0 Å². The van der Waals surface area contributed by atoms with Gasteiger partial charge in [0.05, 0.1) is 12.1 Å². The SMILES string of the molecule is Cc1cccc(C(=O)Cc2cn3ccsc3n2)n1. The fourth-order valence-corrected chi connectivity index (χ4v) is 2.53. The zero-order chi connectivity index (χ0) is 12.5. The Morgan fingerprint density at radius 3 is 3.06 bits per heavy atom. The first-order valence-corrected chi connectivity index (χ1v) is 6.48. The van der Waals surface area contributed by atoms with Crippen LogP contribution in [0, 0.1) is 6.92 Å². The van der Waals surface area contributed by atoms with Crippen molar-refractivity contribution >= 4 is 22.1 Å². The minimum Gasteiger partial charge on any atom is -0.297 e. The minimum atomic E-state index is 0.00412. The number of aromatic nitrogens is 3. The predicted molar refractivity (Wildman–Crippen MR) is 70.1 cm³/mol. The van der Waals surface area contributed by atoms with Crippen LogP contribution in [-0.2, 0) is 6.42 Å². The standard InChI is InChI=1S/C13H11N3OS/c1-9-3-2-4-11(14-9)12(17)7-10-8-16-5-6-18-13(16)15-10/h2-6,8H,7H2,1H3. The van der Waals surface area contributed by atoms with E-state index in [1.54, 1.807) is 17.4 Å². The molecule has 5 heteroatoms. The van der Waals surface area contributed by atoms with E-state index in [-0.39, 0.29) is 5.78 Å². The van der Waals surface area contributed by atoms with Gasteiger partial charge in [0.15, 0.2) is 10.7 Å². The summed E-state index contributed by atoms with van der Waals surface area (Å²) >= 11 is 1.56. The zero-order valence-corrected chi connectivity index (χ0v) is 10.6. The van der Waals surface area contributed by atoms with E-state index in [1.165, 1.54) is 0 Å². The van der Waals surface area contributed by atoms with Gasteiger partial charge in [0.2, 0.25) is 0 Å². The highest BCUT2D eigenvalue weighted by Gasteiger charge is 2.11. The number of imidazole rings is 1. The lowest BCUT2D eigenvalue weighted by Gasteiger charge is -1.99. The summed E-state index contributed by atoms with van der Waals surface area (Å²) in [4.78, 5) is 21.6. The number of nitrogens with zero attached hydrogens (tertiary/aromatic N) is 3. The van der Waals surface area contributed by atoms with Crippen LogP contribution in [0.2, 0.25) is 0 Å². The van der Waals surface area contributed by atoms with E-state index in [1.807, 2.05) is 41.2 Å². The average Bonchev–Trinajstić information content (AvgIpc) is 2.89. The minimum absolute atomic E-state index is 0.00412. The number of carbonyl (C=O) groups excluding carboxylic acids is 1. The monoisotopic (exact) mass is 257 g/mol. The van der Waals surface area contributed by atoms with Crippen LogP contribution < -0.4 is 0 Å². The second-order valence-electron chi connectivity index (χ2n) is 4.09. The molecule has 4 nitrogen and oxygen atoms in total. The van der Waals surface area contributed by atoms with Gasteiger partial charge in [-0.25, -0.2) is 4.98 Å². The van der Waals surface area contributed by atoms with Gasteiger partial charge in [-0.15, -0.1) is 11.3 Å². The Labute approximate surface area is 108 Å². The highest BCUT2D eigenvalue weighted by atomic mass is 32.1. The van der Waals surface area contributed by atoms with E-state index in [0.29, 0.717) is 12.1 Å². The smallest absolute Gasteiger partial charge is 0.193 e. The van der Waals surface area contributed by atoms with Gasteiger partial charge in [0, 0.05) is 23.5 Å². The van der Waals surface area contributed by atoms with Crippen LogP contribution in [0.5, 0.6) is 0 Å². The Kier molecular flexibility index (Phi) is 2.68. The molecule has 0 radical (unpaired) electrons. The number of fused-ring (bicyclic) bond motifs is 1. The lowest BCUT2D eigenvalue weighted by molar-refractivity contribution is 0.0987. The normalized spacial score (nSPS) is 10.9. The van der Waals surface area contributed by atoms with Crippen LogP contribution in [0.1, 0.15) is 21.9 Å². The van der Waals surface area contributed by atoms with Gasteiger partial charge < -0.3 is 0 Å². The van der Waals surface area contributed by atoms with Gasteiger partial charge >= 0.3 is 0 Å². The number of hydrogen-bond acceptors (Lipinski definition) is 4. The molecule has 0 bridgehead atoms. The number of carbonyl (C=O) groups is 1. The van der Waals surface area contributed by atoms with Crippen molar-refractivity contribution in [1.29, 1.82) is 0 Å². The Hall–Kier alpha value is -2.01. The molecule has 0 saturated carbocycles. The molecule has 0 aliphatic carbocycles. The van der Waals surface area contributed by atoms with Crippen molar-refractivity contribution in [2.45, 2.75) is 13.3 Å². The molecular weight excluding hydrogens is 246 g/mol. The van der Waals surface area contributed by atoms with Gasteiger partial charge in [-0.2, -0.15) is 0 Å². The summed E-state index contributed by atoms with van der Waals surface area (Å²) in [6, 6.07) is 5.47. The first kappa shape index (κ1) is 11.1. The number of Topliss-reactive ketones (excluding diaryl/α,β-unsaturated/α-hetero) is 1. The fraction of sp³-hybridized carbons (Fsp3) is 0.154. The molecular formula is C13H11N3OS. The number of pyridine rings is 1. The molecule has 0 atom stereocenters. The van der Waals surface area contributed by atoms with Crippen molar-refractivity contribution in [1.82, 2.24) is 14.4 Å². The van der Waals surface area contributed by atoms with Crippen LogP contribution in [0.15, 0.2) is 36.0 Å². The second-order valence-corrected chi connectivity index (χ2v) is 4.96. The number of rotatable bonds is 3. The summed E-state index contributed by atoms with van der Waals surface area (Å²) in [5.41, 5.74) is 2.15. The summed E-state index contributed by atoms with van der Waals surface area (Å²) in [6.45, 7) is 1.88. The van der Waals surface area contributed by atoms with E-state index in [4.69, 9.17) is 0 Å². The van der Waals surface area contributed by atoms with E-state index >= 15 is 0 Å².